The zero-order valence-corrected chi connectivity index (χ0v) is 11.7. The van der Waals surface area contributed by atoms with Gasteiger partial charge in [-0.2, -0.15) is 0 Å². The fourth-order valence-corrected chi connectivity index (χ4v) is 4.43. The highest BCUT2D eigenvalue weighted by molar-refractivity contribution is 7.90. The van der Waals surface area contributed by atoms with Crippen LogP contribution in [0.3, 0.4) is 0 Å². The van der Waals surface area contributed by atoms with E-state index in [0.717, 1.165) is 4.31 Å². The van der Waals surface area contributed by atoms with E-state index >= 15 is 0 Å². The first-order chi connectivity index (χ1) is 8.44. The lowest BCUT2D eigenvalue weighted by Crippen LogP contribution is -2.40. The molecular weight excluding hydrogens is 297 g/mol. The molecule has 0 unspecified atom stereocenters. The lowest BCUT2D eigenvalue weighted by Gasteiger charge is -2.26. The second kappa shape index (κ2) is 5.07. The Morgan fingerprint density at radius 1 is 1.11 bits per heavy atom. The van der Waals surface area contributed by atoms with Gasteiger partial charge in [-0.15, -0.1) is 0 Å². The van der Waals surface area contributed by atoms with Crippen LogP contribution in [0.25, 0.3) is 0 Å². The van der Waals surface area contributed by atoms with Crippen molar-refractivity contribution in [2.24, 2.45) is 0 Å². The summed E-state index contributed by atoms with van der Waals surface area (Å²) in [6.45, 7) is 0.183. The molecule has 1 saturated heterocycles. The molecule has 1 aliphatic heterocycles. The average molecular weight is 308 g/mol. The molecule has 0 atom stereocenters. The molecule has 1 amide bonds. The Hall–Kier alpha value is -0.780. The molecule has 0 saturated carbocycles. The Kier molecular flexibility index (Phi) is 3.84. The summed E-state index contributed by atoms with van der Waals surface area (Å²) in [5.74, 6) is -0.405. The number of carbonyl (C=O) groups is 1. The lowest BCUT2D eigenvalue weighted by atomic mass is 10.2. The van der Waals surface area contributed by atoms with E-state index in [-0.39, 0.29) is 27.9 Å². The quantitative estimate of drug-likeness (QED) is 0.844. The summed E-state index contributed by atoms with van der Waals surface area (Å²) in [7, 11) is -3.95. The summed E-state index contributed by atoms with van der Waals surface area (Å²) in [5, 5.41) is 0.0572. The predicted octanol–water partition coefficient (Wildman–Crippen LogP) is 2.69. The van der Waals surface area contributed by atoms with Crippen molar-refractivity contribution in [3.8, 4) is 0 Å². The third-order valence-electron chi connectivity index (χ3n) is 2.75. The number of rotatable bonds is 2. The minimum atomic E-state index is -3.95. The molecule has 0 spiro atoms. The van der Waals surface area contributed by atoms with Gasteiger partial charge in [0.1, 0.15) is 4.90 Å². The predicted molar refractivity (Wildman–Crippen MR) is 69.2 cm³/mol. The van der Waals surface area contributed by atoms with Crippen LogP contribution in [0.5, 0.6) is 0 Å². The van der Waals surface area contributed by atoms with E-state index in [0.29, 0.717) is 12.8 Å². The summed E-state index contributed by atoms with van der Waals surface area (Å²) in [6, 6.07) is 4.44. The average Bonchev–Trinajstić information content (AvgIpc) is 2.28. The zero-order valence-electron chi connectivity index (χ0n) is 9.40. The first-order valence-electron chi connectivity index (χ1n) is 5.44. The lowest BCUT2D eigenvalue weighted by molar-refractivity contribution is -0.128. The van der Waals surface area contributed by atoms with Crippen LogP contribution in [-0.2, 0) is 14.8 Å². The Morgan fingerprint density at radius 3 is 2.28 bits per heavy atom. The molecule has 4 nitrogen and oxygen atoms in total. The minimum absolute atomic E-state index is 0.0286. The van der Waals surface area contributed by atoms with Gasteiger partial charge >= 0.3 is 0 Å². The number of carbonyl (C=O) groups excluding carboxylic acids is 1. The molecule has 0 N–H and O–H groups in total. The fourth-order valence-electron chi connectivity index (χ4n) is 1.87. The van der Waals surface area contributed by atoms with Gasteiger partial charge in [-0.25, -0.2) is 12.7 Å². The van der Waals surface area contributed by atoms with Crippen molar-refractivity contribution < 1.29 is 13.2 Å². The van der Waals surface area contributed by atoms with Crippen molar-refractivity contribution >= 4 is 39.1 Å². The molecule has 0 bridgehead atoms. The van der Waals surface area contributed by atoms with Crippen molar-refractivity contribution in [3.05, 3.63) is 28.2 Å². The molecule has 7 heteroatoms. The van der Waals surface area contributed by atoms with Crippen LogP contribution in [0.2, 0.25) is 10.0 Å². The van der Waals surface area contributed by atoms with E-state index in [2.05, 4.69) is 0 Å². The highest BCUT2D eigenvalue weighted by atomic mass is 35.5. The van der Waals surface area contributed by atoms with Crippen LogP contribution in [0.15, 0.2) is 23.1 Å². The van der Waals surface area contributed by atoms with E-state index in [4.69, 9.17) is 23.2 Å². The summed E-state index contributed by atoms with van der Waals surface area (Å²) in [5.41, 5.74) is 0. The van der Waals surface area contributed by atoms with Gasteiger partial charge in [0.2, 0.25) is 5.91 Å². The van der Waals surface area contributed by atoms with Crippen molar-refractivity contribution in [2.45, 2.75) is 24.2 Å². The molecule has 1 fully saturated rings. The molecule has 1 aromatic rings. The number of halogens is 2. The summed E-state index contributed by atoms with van der Waals surface area (Å²) in [6.07, 6.45) is 1.61. The molecule has 2 rings (SSSR count). The molecule has 1 heterocycles. The van der Waals surface area contributed by atoms with Crippen LogP contribution >= 0.6 is 23.2 Å². The molecule has 0 aliphatic carbocycles. The zero-order chi connectivity index (χ0) is 13.3. The van der Waals surface area contributed by atoms with Crippen LogP contribution in [0.1, 0.15) is 19.3 Å². The number of nitrogens with zero attached hydrogens (tertiary/aromatic N) is 1. The monoisotopic (exact) mass is 307 g/mol. The number of hydrogen-bond acceptors (Lipinski definition) is 3. The Morgan fingerprint density at radius 2 is 1.72 bits per heavy atom. The SMILES string of the molecule is O=C1CCCCN1S(=O)(=O)c1c(Cl)cccc1Cl. The van der Waals surface area contributed by atoms with Crippen LogP contribution in [0, 0.1) is 0 Å². The third-order valence-corrected chi connectivity index (χ3v) is 5.52. The van der Waals surface area contributed by atoms with Gasteiger partial charge in [0.25, 0.3) is 10.0 Å². The van der Waals surface area contributed by atoms with E-state index in [9.17, 15) is 13.2 Å². The topological polar surface area (TPSA) is 54.5 Å². The first-order valence-corrected chi connectivity index (χ1v) is 7.64. The molecule has 18 heavy (non-hydrogen) atoms. The van der Waals surface area contributed by atoms with Gasteiger partial charge in [0, 0.05) is 13.0 Å². The molecule has 1 aromatic carbocycles. The first kappa shape index (κ1) is 13.6. The largest absolute Gasteiger partial charge is 0.274 e. The van der Waals surface area contributed by atoms with Gasteiger partial charge in [-0.3, -0.25) is 4.79 Å². The molecular formula is C11H11Cl2NO3S. The van der Waals surface area contributed by atoms with E-state index in [1.54, 1.807) is 6.07 Å². The van der Waals surface area contributed by atoms with E-state index in [1.807, 2.05) is 0 Å². The smallest absolute Gasteiger partial charge is 0.269 e. The summed E-state index contributed by atoms with van der Waals surface area (Å²) < 4.78 is 25.6. The second-order valence-electron chi connectivity index (χ2n) is 3.98. The Balaban J connectivity index is 2.51. The fraction of sp³-hybridized carbons (Fsp3) is 0.364. The van der Waals surface area contributed by atoms with Gasteiger partial charge in [-0.05, 0) is 25.0 Å². The van der Waals surface area contributed by atoms with E-state index < -0.39 is 15.9 Å². The molecule has 1 aliphatic rings. The number of hydrogen-bond donors (Lipinski definition) is 0. The highest BCUT2D eigenvalue weighted by Crippen LogP contribution is 2.32. The molecule has 0 aromatic heterocycles. The van der Waals surface area contributed by atoms with E-state index in [1.165, 1.54) is 12.1 Å². The maximum Gasteiger partial charge on any atom is 0.269 e. The van der Waals surface area contributed by atoms with Gasteiger partial charge in [0.05, 0.1) is 10.0 Å². The van der Waals surface area contributed by atoms with Crippen molar-refractivity contribution in [1.29, 1.82) is 0 Å². The van der Waals surface area contributed by atoms with Crippen LogP contribution in [-0.4, -0.2) is 25.2 Å². The van der Waals surface area contributed by atoms with Crippen molar-refractivity contribution in [3.63, 3.8) is 0 Å². The second-order valence-corrected chi connectivity index (χ2v) is 6.59. The normalized spacial score (nSPS) is 17.0. The standard InChI is InChI=1S/C11H11Cl2NO3S/c12-8-4-3-5-9(13)11(8)18(16,17)14-7-2-1-6-10(14)15/h3-5H,1-2,6-7H2. The maximum absolute atomic E-state index is 12.4. The van der Waals surface area contributed by atoms with Crippen molar-refractivity contribution in [2.75, 3.05) is 6.54 Å². The summed E-state index contributed by atoms with van der Waals surface area (Å²) >= 11 is 11.8. The van der Waals surface area contributed by atoms with Gasteiger partial charge < -0.3 is 0 Å². The van der Waals surface area contributed by atoms with Gasteiger partial charge in [-0.1, -0.05) is 29.3 Å². The Labute approximate surface area is 116 Å². The number of piperidine rings is 1. The third kappa shape index (κ3) is 2.35. The summed E-state index contributed by atoms with van der Waals surface area (Å²) in [4.78, 5) is 11.5. The van der Waals surface area contributed by atoms with Crippen molar-refractivity contribution in [1.82, 2.24) is 4.31 Å². The number of amides is 1. The van der Waals surface area contributed by atoms with Crippen LogP contribution in [0.4, 0.5) is 0 Å². The number of sulfonamides is 1. The highest BCUT2D eigenvalue weighted by Gasteiger charge is 2.33. The molecule has 98 valence electrons. The number of benzene rings is 1. The van der Waals surface area contributed by atoms with Gasteiger partial charge in [0.15, 0.2) is 0 Å². The minimum Gasteiger partial charge on any atom is -0.274 e. The maximum atomic E-state index is 12.4. The Bertz CT molecular complexity index is 566. The van der Waals surface area contributed by atoms with Crippen LogP contribution < -0.4 is 0 Å². The molecule has 0 radical (unpaired) electrons.